The molecule has 1 saturated carbocycles. The van der Waals surface area contributed by atoms with Crippen molar-refractivity contribution < 1.29 is 5.21 Å². The molecule has 0 heterocycles. The maximum atomic E-state index is 8.41. The average molecular weight is 213 g/mol. The van der Waals surface area contributed by atoms with Gasteiger partial charge in [-0.05, 0) is 25.8 Å². The van der Waals surface area contributed by atoms with Crippen LogP contribution in [-0.2, 0) is 0 Å². The zero-order valence-corrected chi connectivity index (χ0v) is 9.65. The van der Waals surface area contributed by atoms with Crippen LogP contribution in [-0.4, -0.2) is 36.1 Å². The van der Waals surface area contributed by atoms with Gasteiger partial charge in [0.1, 0.15) is 5.84 Å². The van der Waals surface area contributed by atoms with Gasteiger partial charge in [0.15, 0.2) is 0 Å². The lowest BCUT2D eigenvalue weighted by molar-refractivity contribution is 0.236. The Labute approximate surface area is 92.1 Å². The van der Waals surface area contributed by atoms with Gasteiger partial charge < -0.3 is 15.8 Å². The van der Waals surface area contributed by atoms with Crippen molar-refractivity contribution >= 4 is 5.84 Å². The minimum Gasteiger partial charge on any atom is -0.409 e. The molecule has 0 bridgehead atoms. The molecule has 1 aliphatic carbocycles. The predicted molar refractivity (Wildman–Crippen MR) is 62.1 cm³/mol. The van der Waals surface area contributed by atoms with E-state index in [0.29, 0.717) is 12.3 Å². The van der Waals surface area contributed by atoms with Crippen LogP contribution >= 0.6 is 0 Å². The van der Waals surface area contributed by atoms with Crippen LogP contribution in [0.15, 0.2) is 5.16 Å². The lowest BCUT2D eigenvalue weighted by Gasteiger charge is -2.26. The SMILES string of the molecule is CN(CC/C(N)=N/O)CC1CCCCC1. The van der Waals surface area contributed by atoms with Gasteiger partial charge in [-0.3, -0.25) is 0 Å². The van der Waals surface area contributed by atoms with E-state index < -0.39 is 0 Å². The third-order valence-electron chi connectivity index (χ3n) is 3.17. The summed E-state index contributed by atoms with van der Waals surface area (Å²) in [7, 11) is 2.11. The maximum Gasteiger partial charge on any atom is 0.140 e. The van der Waals surface area contributed by atoms with Crippen molar-refractivity contribution in [2.24, 2.45) is 16.8 Å². The van der Waals surface area contributed by atoms with Crippen molar-refractivity contribution in [3.8, 4) is 0 Å². The van der Waals surface area contributed by atoms with E-state index in [9.17, 15) is 0 Å². The van der Waals surface area contributed by atoms with Crippen molar-refractivity contribution in [3.63, 3.8) is 0 Å². The zero-order chi connectivity index (χ0) is 11.1. The molecule has 1 fully saturated rings. The zero-order valence-electron chi connectivity index (χ0n) is 9.65. The molecule has 3 N–H and O–H groups in total. The summed E-state index contributed by atoms with van der Waals surface area (Å²) >= 11 is 0. The van der Waals surface area contributed by atoms with Gasteiger partial charge in [0.05, 0.1) is 0 Å². The van der Waals surface area contributed by atoms with Gasteiger partial charge in [-0.15, -0.1) is 0 Å². The molecule has 4 nitrogen and oxygen atoms in total. The summed E-state index contributed by atoms with van der Waals surface area (Å²) < 4.78 is 0. The minimum absolute atomic E-state index is 0.325. The van der Waals surface area contributed by atoms with E-state index in [-0.39, 0.29) is 0 Å². The van der Waals surface area contributed by atoms with Crippen LogP contribution in [0.25, 0.3) is 0 Å². The van der Waals surface area contributed by atoms with Crippen LogP contribution < -0.4 is 5.73 Å². The normalized spacial score (nSPS) is 19.7. The number of rotatable bonds is 5. The van der Waals surface area contributed by atoms with E-state index in [0.717, 1.165) is 19.0 Å². The molecule has 0 spiro atoms. The van der Waals surface area contributed by atoms with Crippen molar-refractivity contribution in [2.75, 3.05) is 20.1 Å². The van der Waals surface area contributed by atoms with Crippen molar-refractivity contribution in [1.29, 1.82) is 0 Å². The third kappa shape index (κ3) is 5.02. The van der Waals surface area contributed by atoms with Crippen LogP contribution in [0.5, 0.6) is 0 Å². The Morgan fingerprint density at radius 2 is 2.07 bits per heavy atom. The smallest absolute Gasteiger partial charge is 0.140 e. The Bertz CT molecular complexity index is 200. The fraction of sp³-hybridized carbons (Fsp3) is 0.909. The molecule has 0 aliphatic heterocycles. The summed E-state index contributed by atoms with van der Waals surface area (Å²) in [6.45, 7) is 2.03. The van der Waals surface area contributed by atoms with Crippen LogP contribution in [0.4, 0.5) is 0 Å². The van der Waals surface area contributed by atoms with E-state index in [1.807, 2.05) is 0 Å². The molecule has 0 aromatic carbocycles. The monoisotopic (exact) mass is 213 g/mol. The van der Waals surface area contributed by atoms with Crippen LogP contribution in [0.1, 0.15) is 38.5 Å². The topological polar surface area (TPSA) is 61.8 Å². The summed E-state index contributed by atoms with van der Waals surface area (Å²) in [6.07, 6.45) is 7.57. The molecule has 0 radical (unpaired) electrons. The number of nitrogens with zero attached hydrogens (tertiary/aromatic N) is 2. The molecular weight excluding hydrogens is 190 g/mol. The second kappa shape index (κ2) is 6.67. The van der Waals surface area contributed by atoms with Gasteiger partial charge in [-0.25, -0.2) is 0 Å². The van der Waals surface area contributed by atoms with Crippen LogP contribution in [0, 0.1) is 5.92 Å². The molecule has 4 heteroatoms. The maximum absolute atomic E-state index is 8.41. The second-order valence-corrected chi connectivity index (χ2v) is 4.61. The van der Waals surface area contributed by atoms with E-state index >= 15 is 0 Å². The summed E-state index contributed by atoms with van der Waals surface area (Å²) in [4.78, 5) is 2.29. The molecular formula is C11H23N3O. The number of amidine groups is 1. The second-order valence-electron chi connectivity index (χ2n) is 4.61. The minimum atomic E-state index is 0.325. The Balaban J connectivity index is 2.14. The fourth-order valence-corrected chi connectivity index (χ4v) is 2.26. The fourth-order valence-electron chi connectivity index (χ4n) is 2.26. The van der Waals surface area contributed by atoms with Gasteiger partial charge in [0, 0.05) is 19.5 Å². The molecule has 0 aromatic rings. The molecule has 1 aliphatic rings. The summed E-state index contributed by atoms with van der Waals surface area (Å²) in [5.41, 5.74) is 5.43. The van der Waals surface area contributed by atoms with Gasteiger partial charge in [0.25, 0.3) is 0 Å². The molecule has 88 valence electrons. The molecule has 0 atom stereocenters. The van der Waals surface area contributed by atoms with E-state index in [4.69, 9.17) is 10.9 Å². The molecule has 1 rings (SSSR count). The lowest BCUT2D eigenvalue weighted by Crippen LogP contribution is -2.30. The van der Waals surface area contributed by atoms with Gasteiger partial charge in [0.2, 0.25) is 0 Å². The highest BCUT2D eigenvalue weighted by molar-refractivity contribution is 5.79. The Morgan fingerprint density at radius 3 is 2.67 bits per heavy atom. The number of hydrogen-bond acceptors (Lipinski definition) is 3. The summed E-state index contributed by atoms with van der Waals surface area (Å²) in [6, 6.07) is 0. The number of nitrogens with two attached hydrogens (primary N) is 1. The first kappa shape index (κ1) is 12.3. The molecule has 0 unspecified atom stereocenters. The van der Waals surface area contributed by atoms with Crippen molar-refractivity contribution in [2.45, 2.75) is 38.5 Å². The van der Waals surface area contributed by atoms with E-state index in [2.05, 4.69) is 17.1 Å². The van der Waals surface area contributed by atoms with Crippen LogP contribution in [0.2, 0.25) is 0 Å². The average Bonchev–Trinajstić information content (AvgIpc) is 2.27. The van der Waals surface area contributed by atoms with E-state index in [1.165, 1.54) is 32.1 Å². The van der Waals surface area contributed by atoms with Crippen molar-refractivity contribution in [1.82, 2.24) is 4.90 Å². The largest absolute Gasteiger partial charge is 0.409 e. The number of hydrogen-bond donors (Lipinski definition) is 2. The highest BCUT2D eigenvalue weighted by atomic mass is 16.4. The van der Waals surface area contributed by atoms with Gasteiger partial charge >= 0.3 is 0 Å². The lowest BCUT2D eigenvalue weighted by atomic mass is 9.89. The first-order chi connectivity index (χ1) is 7.22. The van der Waals surface area contributed by atoms with Gasteiger partial charge in [-0.2, -0.15) is 0 Å². The quantitative estimate of drug-likeness (QED) is 0.316. The molecule has 15 heavy (non-hydrogen) atoms. The first-order valence-electron chi connectivity index (χ1n) is 5.87. The standard InChI is InChI=1S/C11H23N3O/c1-14(8-7-11(12)13-15)9-10-5-3-2-4-6-10/h10,15H,2-9H2,1H3,(H2,12,13). The van der Waals surface area contributed by atoms with Crippen molar-refractivity contribution in [3.05, 3.63) is 0 Å². The van der Waals surface area contributed by atoms with E-state index in [1.54, 1.807) is 0 Å². The molecule has 0 amide bonds. The Hall–Kier alpha value is -0.770. The third-order valence-corrected chi connectivity index (χ3v) is 3.17. The number of oxime groups is 1. The van der Waals surface area contributed by atoms with Gasteiger partial charge in [-0.1, -0.05) is 24.4 Å². The molecule has 0 saturated heterocycles. The van der Waals surface area contributed by atoms with Crippen LogP contribution in [0.3, 0.4) is 0 Å². The first-order valence-corrected chi connectivity index (χ1v) is 5.87. The summed E-state index contributed by atoms with van der Waals surface area (Å²) in [5, 5.41) is 11.4. The molecule has 0 aromatic heterocycles. The summed E-state index contributed by atoms with van der Waals surface area (Å²) in [5.74, 6) is 1.18. The Kier molecular flexibility index (Phi) is 5.47. The highest BCUT2D eigenvalue weighted by Crippen LogP contribution is 2.23. The highest BCUT2D eigenvalue weighted by Gasteiger charge is 2.15. The Morgan fingerprint density at radius 1 is 1.40 bits per heavy atom. The predicted octanol–water partition coefficient (Wildman–Crippen LogP) is 1.63.